The fraction of sp³-hybridized carbons (Fsp3) is 0.471. The lowest BCUT2D eigenvalue weighted by Gasteiger charge is -2.40. The summed E-state index contributed by atoms with van der Waals surface area (Å²) in [4.78, 5) is 22.4. The van der Waals surface area contributed by atoms with Gasteiger partial charge in [0.05, 0.1) is 13.0 Å². The van der Waals surface area contributed by atoms with Crippen molar-refractivity contribution in [2.45, 2.75) is 19.9 Å². The summed E-state index contributed by atoms with van der Waals surface area (Å²) in [6, 6.07) is 3.94. The van der Waals surface area contributed by atoms with Crippen LogP contribution in [0, 0.1) is 12.8 Å². The number of hydrogen-bond donors (Lipinski definition) is 0. The van der Waals surface area contributed by atoms with E-state index in [1.807, 2.05) is 23.2 Å². The summed E-state index contributed by atoms with van der Waals surface area (Å²) in [5, 5.41) is 0. The lowest BCUT2D eigenvalue weighted by atomic mass is 9.99. The topological polar surface area (TPSA) is 60.2 Å². The van der Waals surface area contributed by atoms with E-state index in [0.29, 0.717) is 18.9 Å². The van der Waals surface area contributed by atoms with Crippen LogP contribution in [0.4, 0.5) is 0 Å². The predicted molar refractivity (Wildman–Crippen MR) is 86.8 cm³/mol. The largest absolute Gasteiger partial charge is 0.384 e. The van der Waals surface area contributed by atoms with Gasteiger partial charge in [0.25, 0.3) is 0 Å². The molecule has 0 N–H and O–H groups in total. The standard InChI is InChI=1S/C17H22N4O2/c1-13-9-19-17(15-3-6-18-7-4-15)21(13)12-14-10-20(11-14)16(22)5-8-23-2/h3-4,6-7,9,14H,5,8,10-12H2,1-2H3. The van der Waals surface area contributed by atoms with Crippen molar-refractivity contribution in [1.29, 1.82) is 0 Å². The first kappa shape index (κ1) is 15.7. The maximum Gasteiger partial charge on any atom is 0.224 e. The highest BCUT2D eigenvalue weighted by atomic mass is 16.5. The Balaban J connectivity index is 1.62. The molecule has 0 aliphatic carbocycles. The molecular weight excluding hydrogens is 292 g/mol. The molecule has 2 aromatic rings. The highest BCUT2D eigenvalue weighted by Gasteiger charge is 2.31. The van der Waals surface area contributed by atoms with E-state index in [-0.39, 0.29) is 5.91 Å². The maximum absolute atomic E-state index is 11.9. The van der Waals surface area contributed by atoms with Crippen LogP contribution < -0.4 is 0 Å². The Morgan fingerprint density at radius 3 is 2.78 bits per heavy atom. The Morgan fingerprint density at radius 2 is 2.09 bits per heavy atom. The first-order valence-electron chi connectivity index (χ1n) is 7.88. The maximum atomic E-state index is 11.9. The molecule has 6 nitrogen and oxygen atoms in total. The number of carbonyl (C=O) groups excluding carboxylic acids is 1. The highest BCUT2D eigenvalue weighted by Crippen LogP contribution is 2.24. The normalized spacial score (nSPS) is 14.8. The van der Waals surface area contributed by atoms with Gasteiger partial charge in [-0.3, -0.25) is 9.78 Å². The number of nitrogens with zero attached hydrogens (tertiary/aromatic N) is 4. The molecule has 0 aromatic carbocycles. The third-order valence-corrected chi connectivity index (χ3v) is 4.26. The van der Waals surface area contributed by atoms with Gasteiger partial charge in [-0.1, -0.05) is 0 Å². The van der Waals surface area contributed by atoms with E-state index in [4.69, 9.17) is 4.74 Å². The summed E-state index contributed by atoms with van der Waals surface area (Å²) in [6.45, 7) is 5.08. The fourth-order valence-corrected chi connectivity index (χ4v) is 2.92. The molecule has 3 heterocycles. The van der Waals surface area contributed by atoms with Crippen LogP contribution in [-0.4, -0.2) is 52.1 Å². The summed E-state index contributed by atoms with van der Waals surface area (Å²) in [5.74, 6) is 1.63. The van der Waals surface area contributed by atoms with E-state index >= 15 is 0 Å². The van der Waals surface area contributed by atoms with Crippen LogP contribution in [0.1, 0.15) is 12.1 Å². The zero-order valence-electron chi connectivity index (χ0n) is 13.6. The summed E-state index contributed by atoms with van der Waals surface area (Å²) in [7, 11) is 1.62. The van der Waals surface area contributed by atoms with Crippen molar-refractivity contribution >= 4 is 5.91 Å². The summed E-state index contributed by atoms with van der Waals surface area (Å²) in [5.41, 5.74) is 2.21. The zero-order chi connectivity index (χ0) is 16.2. The van der Waals surface area contributed by atoms with Crippen LogP contribution >= 0.6 is 0 Å². The molecule has 1 aliphatic rings. The van der Waals surface area contributed by atoms with E-state index in [9.17, 15) is 4.79 Å². The van der Waals surface area contributed by atoms with Crippen LogP contribution in [0.2, 0.25) is 0 Å². The first-order chi connectivity index (χ1) is 11.2. The van der Waals surface area contributed by atoms with Crippen LogP contribution in [-0.2, 0) is 16.1 Å². The molecular formula is C17H22N4O2. The van der Waals surface area contributed by atoms with Crippen molar-refractivity contribution in [1.82, 2.24) is 19.4 Å². The molecule has 1 aliphatic heterocycles. The molecule has 0 spiro atoms. The molecule has 0 radical (unpaired) electrons. The van der Waals surface area contributed by atoms with Crippen molar-refractivity contribution in [2.75, 3.05) is 26.8 Å². The van der Waals surface area contributed by atoms with E-state index in [1.165, 1.54) is 0 Å². The zero-order valence-corrected chi connectivity index (χ0v) is 13.6. The lowest BCUT2D eigenvalue weighted by Crippen LogP contribution is -2.51. The van der Waals surface area contributed by atoms with Crippen LogP contribution in [0.25, 0.3) is 11.4 Å². The van der Waals surface area contributed by atoms with Gasteiger partial charge in [-0.15, -0.1) is 0 Å². The van der Waals surface area contributed by atoms with Crippen molar-refractivity contribution in [3.63, 3.8) is 0 Å². The molecule has 6 heteroatoms. The Kier molecular flexibility index (Phi) is 4.71. The monoisotopic (exact) mass is 314 g/mol. The molecule has 2 aromatic heterocycles. The van der Waals surface area contributed by atoms with Gasteiger partial charge in [0.2, 0.25) is 5.91 Å². The number of likely N-dealkylation sites (tertiary alicyclic amines) is 1. The second-order valence-corrected chi connectivity index (χ2v) is 5.98. The summed E-state index contributed by atoms with van der Waals surface area (Å²) >= 11 is 0. The number of amides is 1. The molecule has 1 fully saturated rings. The van der Waals surface area contributed by atoms with Gasteiger partial charge in [0, 0.05) is 62.5 Å². The second-order valence-electron chi connectivity index (χ2n) is 5.98. The summed E-state index contributed by atoms with van der Waals surface area (Å²) in [6.07, 6.45) is 5.93. The van der Waals surface area contributed by atoms with E-state index < -0.39 is 0 Å². The fourth-order valence-electron chi connectivity index (χ4n) is 2.92. The van der Waals surface area contributed by atoms with E-state index in [1.54, 1.807) is 19.5 Å². The molecule has 0 unspecified atom stereocenters. The third kappa shape index (κ3) is 3.42. The second kappa shape index (κ2) is 6.91. The Bertz CT molecular complexity index is 662. The van der Waals surface area contributed by atoms with Gasteiger partial charge in [0.1, 0.15) is 5.82 Å². The predicted octanol–water partition coefficient (Wildman–Crippen LogP) is 1.75. The van der Waals surface area contributed by atoms with E-state index in [2.05, 4.69) is 21.5 Å². The number of aryl methyl sites for hydroxylation is 1. The summed E-state index contributed by atoms with van der Waals surface area (Å²) < 4.78 is 7.19. The molecule has 23 heavy (non-hydrogen) atoms. The SMILES string of the molecule is COCCC(=O)N1CC(Cn2c(C)cnc2-c2ccncc2)C1. The minimum Gasteiger partial charge on any atom is -0.384 e. The molecule has 1 amide bonds. The molecule has 122 valence electrons. The number of rotatable bonds is 6. The quantitative estimate of drug-likeness (QED) is 0.815. The van der Waals surface area contributed by atoms with Gasteiger partial charge in [-0.25, -0.2) is 4.98 Å². The number of methoxy groups -OCH3 is 1. The lowest BCUT2D eigenvalue weighted by molar-refractivity contribution is -0.138. The smallest absolute Gasteiger partial charge is 0.224 e. The van der Waals surface area contributed by atoms with Crippen LogP contribution in [0.5, 0.6) is 0 Å². The highest BCUT2D eigenvalue weighted by molar-refractivity contribution is 5.77. The number of carbonyl (C=O) groups is 1. The minimum atomic E-state index is 0.180. The number of imidazole rings is 1. The van der Waals surface area contributed by atoms with Crippen LogP contribution in [0.3, 0.4) is 0 Å². The van der Waals surface area contributed by atoms with Gasteiger partial charge in [-0.2, -0.15) is 0 Å². The number of hydrogen-bond acceptors (Lipinski definition) is 4. The Morgan fingerprint density at radius 1 is 1.35 bits per heavy atom. The number of ether oxygens (including phenoxy) is 1. The number of aromatic nitrogens is 3. The molecule has 0 saturated carbocycles. The van der Waals surface area contributed by atoms with Gasteiger partial charge in [0.15, 0.2) is 0 Å². The Labute approximate surface area is 136 Å². The third-order valence-electron chi connectivity index (χ3n) is 4.26. The molecule has 0 atom stereocenters. The van der Waals surface area contributed by atoms with Crippen molar-refractivity contribution in [3.05, 3.63) is 36.4 Å². The molecule has 0 bridgehead atoms. The van der Waals surface area contributed by atoms with Crippen molar-refractivity contribution in [3.8, 4) is 11.4 Å². The molecule has 1 saturated heterocycles. The minimum absolute atomic E-state index is 0.180. The average Bonchev–Trinajstić information content (AvgIpc) is 2.89. The van der Waals surface area contributed by atoms with E-state index in [0.717, 1.165) is 36.7 Å². The van der Waals surface area contributed by atoms with Gasteiger partial charge >= 0.3 is 0 Å². The average molecular weight is 314 g/mol. The molecule has 3 rings (SSSR count). The van der Waals surface area contributed by atoms with Crippen molar-refractivity contribution < 1.29 is 9.53 Å². The Hall–Kier alpha value is -2.21. The van der Waals surface area contributed by atoms with Crippen molar-refractivity contribution in [2.24, 2.45) is 5.92 Å². The van der Waals surface area contributed by atoms with Crippen LogP contribution in [0.15, 0.2) is 30.7 Å². The van der Waals surface area contributed by atoms with Gasteiger partial charge in [-0.05, 0) is 19.1 Å². The number of pyridine rings is 1. The first-order valence-corrected chi connectivity index (χ1v) is 7.88. The van der Waals surface area contributed by atoms with Gasteiger partial charge < -0.3 is 14.2 Å².